The van der Waals surface area contributed by atoms with Crippen molar-refractivity contribution in [2.24, 2.45) is 0 Å². The maximum absolute atomic E-state index is 11.6. The standard InChI is InChI=1S/C12H11BrN2O4/c1-18-11-8(12(17)19-2)5-7(13)6-9(11)15-10(16)3-4-14/h5-6H,3H2,1-2H3,(H,15,16). The number of nitrogens with one attached hydrogen (secondary N) is 1. The molecule has 1 N–H and O–H groups in total. The molecule has 19 heavy (non-hydrogen) atoms. The summed E-state index contributed by atoms with van der Waals surface area (Å²) in [6.45, 7) is 0. The average Bonchev–Trinajstić information content (AvgIpc) is 2.37. The smallest absolute Gasteiger partial charge is 0.341 e. The summed E-state index contributed by atoms with van der Waals surface area (Å²) in [5.74, 6) is -0.898. The third-order valence-corrected chi connectivity index (χ3v) is 2.63. The number of ether oxygens (including phenoxy) is 2. The normalized spacial score (nSPS) is 9.37. The van der Waals surface area contributed by atoms with Crippen molar-refractivity contribution in [2.45, 2.75) is 6.42 Å². The van der Waals surface area contributed by atoms with Crippen LogP contribution in [-0.2, 0) is 9.53 Å². The van der Waals surface area contributed by atoms with Crippen LogP contribution in [0.2, 0.25) is 0 Å². The molecular weight excluding hydrogens is 316 g/mol. The van der Waals surface area contributed by atoms with Crippen molar-refractivity contribution in [1.29, 1.82) is 5.26 Å². The molecule has 0 heterocycles. The molecular formula is C12H11BrN2O4. The lowest BCUT2D eigenvalue weighted by atomic mass is 10.1. The van der Waals surface area contributed by atoms with E-state index in [4.69, 9.17) is 10.00 Å². The Labute approximate surface area is 118 Å². The first-order valence-electron chi connectivity index (χ1n) is 5.16. The van der Waals surface area contributed by atoms with Crippen LogP contribution in [0.1, 0.15) is 16.8 Å². The van der Waals surface area contributed by atoms with Crippen LogP contribution in [0.15, 0.2) is 16.6 Å². The number of anilines is 1. The Balaban J connectivity index is 3.24. The fourth-order valence-corrected chi connectivity index (χ4v) is 1.89. The second-order valence-electron chi connectivity index (χ2n) is 3.41. The molecule has 0 aliphatic rings. The maximum atomic E-state index is 11.6. The van der Waals surface area contributed by atoms with Crippen molar-refractivity contribution >= 4 is 33.5 Å². The summed E-state index contributed by atoms with van der Waals surface area (Å²) < 4.78 is 10.3. The highest BCUT2D eigenvalue weighted by molar-refractivity contribution is 9.10. The summed E-state index contributed by atoms with van der Waals surface area (Å²) in [4.78, 5) is 23.0. The SMILES string of the molecule is COC(=O)c1cc(Br)cc(NC(=O)CC#N)c1OC. The van der Waals surface area contributed by atoms with Crippen molar-refractivity contribution in [1.82, 2.24) is 0 Å². The van der Waals surface area contributed by atoms with E-state index in [9.17, 15) is 9.59 Å². The van der Waals surface area contributed by atoms with E-state index in [1.807, 2.05) is 0 Å². The van der Waals surface area contributed by atoms with Gasteiger partial charge in [0, 0.05) is 4.47 Å². The first-order chi connectivity index (χ1) is 9.03. The summed E-state index contributed by atoms with van der Waals surface area (Å²) in [5.41, 5.74) is 0.462. The highest BCUT2D eigenvalue weighted by Crippen LogP contribution is 2.33. The minimum Gasteiger partial charge on any atom is -0.494 e. The predicted octanol–water partition coefficient (Wildman–Crippen LogP) is 2.10. The number of amides is 1. The number of nitriles is 1. The second kappa shape index (κ2) is 6.75. The number of nitrogens with zero attached hydrogens (tertiary/aromatic N) is 1. The lowest BCUT2D eigenvalue weighted by Crippen LogP contribution is -2.13. The summed E-state index contributed by atoms with van der Waals surface area (Å²) >= 11 is 3.22. The van der Waals surface area contributed by atoms with Crippen molar-refractivity contribution < 1.29 is 19.1 Å². The molecule has 1 aromatic rings. The molecule has 1 amide bonds. The van der Waals surface area contributed by atoms with Gasteiger partial charge < -0.3 is 14.8 Å². The number of benzene rings is 1. The number of carbonyl (C=O) groups is 2. The zero-order chi connectivity index (χ0) is 14.4. The van der Waals surface area contributed by atoms with Gasteiger partial charge in [0.15, 0.2) is 5.75 Å². The van der Waals surface area contributed by atoms with Gasteiger partial charge in [0.1, 0.15) is 12.0 Å². The predicted molar refractivity (Wildman–Crippen MR) is 70.9 cm³/mol. The third-order valence-electron chi connectivity index (χ3n) is 2.18. The average molecular weight is 327 g/mol. The molecule has 7 heteroatoms. The molecule has 0 fully saturated rings. The van der Waals surface area contributed by atoms with E-state index in [1.165, 1.54) is 20.3 Å². The number of rotatable bonds is 4. The lowest BCUT2D eigenvalue weighted by Gasteiger charge is -2.13. The lowest BCUT2D eigenvalue weighted by molar-refractivity contribution is -0.115. The monoisotopic (exact) mass is 326 g/mol. The summed E-state index contributed by atoms with van der Waals surface area (Å²) in [7, 11) is 2.62. The van der Waals surface area contributed by atoms with Crippen molar-refractivity contribution in [3.8, 4) is 11.8 Å². The summed E-state index contributed by atoms with van der Waals surface area (Å²) in [5, 5.41) is 10.9. The molecule has 0 radical (unpaired) electrons. The van der Waals surface area contributed by atoms with E-state index in [0.29, 0.717) is 4.47 Å². The number of methoxy groups -OCH3 is 2. The van der Waals surface area contributed by atoms with Crippen LogP contribution in [-0.4, -0.2) is 26.1 Å². The molecule has 100 valence electrons. The van der Waals surface area contributed by atoms with E-state index in [2.05, 4.69) is 26.0 Å². The van der Waals surface area contributed by atoms with Crippen LogP contribution in [0.25, 0.3) is 0 Å². The Bertz CT molecular complexity index is 551. The number of hydrogen-bond acceptors (Lipinski definition) is 5. The Morgan fingerprint density at radius 3 is 2.63 bits per heavy atom. The van der Waals surface area contributed by atoms with Crippen LogP contribution in [0, 0.1) is 11.3 Å². The van der Waals surface area contributed by atoms with Gasteiger partial charge in [-0.05, 0) is 12.1 Å². The van der Waals surface area contributed by atoms with E-state index in [0.717, 1.165) is 0 Å². The van der Waals surface area contributed by atoms with Crippen LogP contribution in [0.5, 0.6) is 5.75 Å². The molecule has 6 nitrogen and oxygen atoms in total. The van der Waals surface area contributed by atoms with Crippen molar-refractivity contribution in [2.75, 3.05) is 19.5 Å². The molecule has 0 saturated heterocycles. The van der Waals surface area contributed by atoms with Gasteiger partial charge in [-0.1, -0.05) is 15.9 Å². The third kappa shape index (κ3) is 3.69. The van der Waals surface area contributed by atoms with Gasteiger partial charge in [-0.15, -0.1) is 0 Å². The fourth-order valence-electron chi connectivity index (χ4n) is 1.43. The van der Waals surface area contributed by atoms with Crippen LogP contribution in [0.3, 0.4) is 0 Å². The van der Waals surface area contributed by atoms with Gasteiger partial charge in [0.05, 0.1) is 26.0 Å². The highest BCUT2D eigenvalue weighted by Gasteiger charge is 2.19. The molecule has 0 unspecified atom stereocenters. The largest absolute Gasteiger partial charge is 0.494 e. The zero-order valence-corrected chi connectivity index (χ0v) is 11.9. The molecule has 1 aromatic carbocycles. The molecule has 0 saturated carbocycles. The number of hydrogen-bond donors (Lipinski definition) is 1. The summed E-state index contributed by atoms with van der Waals surface area (Å²) in [6, 6.07) is 4.82. The van der Waals surface area contributed by atoms with Gasteiger partial charge >= 0.3 is 5.97 Å². The molecule has 0 atom stereocenters. The molecule has 0 aliphatic heterocycles. The molecule has 0 bridgehead atoms. The van der Waals surface area contributed by atoms with E-state index >= 15 is 0 Å². The van der Waals surface area contributed by atoms with Crippen LogP contribution >= 0.6 is 15.9 Å². The number of esters is 1. The highest BCUT2D eigenvalue weighted by atomic mass is 79.9. The van der Waals surface area contributed by atoms with Crippen LogP contribution in [0.4, 0.5) is 5.69 Å². The minimum absolute atomic E-state index is 0.173. The van der Waals surface area contributed by atoms with Crippen molar-refractivity contribution in [3.05, 3.63) is 22.2 Å². The van der Waals surface area contributed by atoms with Gasteiger partial charge in [-0.3, -0.25) is 4.79 Å². The van der Waals surface area contributed by atoms with Gasteiger partial charge in [0.25, 0.3) is 0 Å². The first kappa shape index (κ1) is 15.0. The molecule has 0 spiro atoms. The zero-order valence-electron chi connectivity index (χ0n) is 10.3. The molecule has 0 aliphatic carbocycles. The number of carbonyl (C=O) groups excluding carboxylic acids is 2. The van der Waals surface area contributed by atoms with Gasteiger partial charge in [-0.2, -0.15) is 5.26 Å². The molecule has 0 aromatic heterocycles. The fraction of sp³-hybridized carbons (Fsp3) is 0.250. The quantitative estimate of drug-likeness (QED) is 0.856. The first-order valence-corrected chi connectivity index (χ1v) is 5.95. The van der Waals surface area contributed by atoms with E-state index < -0.39 is 11.9 Å². The van der Waals surface area contributed by atoms with Crippen molar-refractivity contribution in [3.63, 3.8) is 0 Å². The van der Waals surface area contributed by atoms with Gasteiger partial charge in [0.2, 0.25) is 5.91 Å². The Morgan fingerprint density at radius 1 is 1.42 bits per heavy atom. The van der Waals surface area contributed by atoms with Gasteiger partial charge in [-0.25, -0.2) is 4.79 Å². The van der Waals surface area contributed by atoms with E-state index in [1.54, 1.807) is 12.1 Å². The minimum atomic E-state index is -0.589. The Kier molecular flexibility index (Phi) is 5.33. The Hall–Kier alpha value is -2.07. The second-order valence-corrected chi connectivity index (χ2v) is 4.32. The Morgan fingerprint density at radius 2 is 2.11 bits per heavy atom. The topological polar surface area (TPSA) is 88.4 Å². The maximum Gasteiger partial charge on any atom is 0.341 e. The molecule has 1 rings (SSSR count). The van der Waals surface area contributed by atoms with Crippen LogP contribution < -0.4 is 10.1 Å². The summed E-state index contributed by atoms with van der Waals surface area (Å²) in [6.07, 6.45) is -0.288. The number of halogens is 1. The van der Waals surface area contributed by atoms with E-state index in [-0.39, 0.29) is 23.4 Å².